The van der Waals surface area contributed by atoms with Gasteiger partial charge in [0.25, 0.3) is 0 Å². The zero-order valence-electron chi connectivity index (χ0n) is 10.5. The van der Waals surface area contributed by atoms with Gasteiger partial charge in [-0.1, -0.05) is 0 Å². The molecule has 3 heterocycles. The monoisotopic (exact) mass is 288 g/mol. The van der Waals surface area contributed by atoms with Crippen LogP contribution in [0.25, 0.3) is 11.3 Å². The Labute approximate surface area is 119 Å². The molecule has 0 bridgehead atoms. The van der Waals surface area contributed by atoms with Crippen LogP contribution in [0.4, 0.5) is 5.13 Å². The molecule has 2 N–H and O–H groups in total. The Kier molecular flexibility index (Phi) is 3.19. The average molecular weight is 288 g/mol. The molecule has 20 heavy (non-hydrogen) atoms. The van der Waals surface area contributed by atoms with Crippen LogP contribution in [0.1, 0.15) is 6.42 Å². The van der Waals surface area contributed by atoms with Crippen LogP contribution < -0.4 is 10.6 Å². The number of pyridine rings is 1. The second-order valence-corrected chi connectivity index (χ2v) is 5.40. The van der Waals surface area contributed by atoms with Crippen molar-refractivity contribution >= 4 is 28.3 Å². The fourth-order valence-corrected chi connectivity index (χ4v) is 2.99. The van der Waals surface area contributed by atoms with Crippen LogP contribution in [0.2, 0.25) is 0 Å². The molecule has 102 valence electrons. The number of hydrogen-bond acceptors (Lipinski definition) is 5. The summed E-state index contributed by atoms with van der Waals surface area (Å²) in [6.45, 7) is 0.317. The molecule has 6 nitrogen and oxygen atoms in total. The Balaban J connectivity index is 1.84. The maximum absolute atomic E-state index is 11.9. The number of anilines is 1. The third kappa shape index (κ3) is 2.27. The quantitative estimate of drug-likeness (QED) is 0.914. The maximum Gasteiger partial charge on any atom is 0.229 e. The minimum Gasteiger partial charge on any atom is -0.369 e. The van der Waals surface area contributed by atoms with E-state index in [-0.39, 0.29) is 12.3 Å². The molecule has 1 aliphatic heterocycles. The van der Waals surface area contributed by atoms with Crippen molar-refractivity contribution in [3.05, 3.63) is 29.9 Å². The minimum atomic E-state index is -0.438. The van der Waals surface area contributed by atoms with Crippen LogP contribution in [0.15, 0.2) is 29.9 Å². The molecule has 0 radical (unpaired) electrons. The lowest BCUT2D eigenvalue weighted by Gasteiger charge is -2.11. The van der Waals surface area contributed by atoms with Crippen molar-refractivity contribution < 1.29 is 9.59 Å². The van der Waals surface area contributed by atoms with E-state index in [0.29, 0.717) is 11.7 Å². The minimum absolute atomic E-state index is 0.107. The lowest BCUT2D eigenvalue weighted by atomic mass is 10.1. The molecule has 0 spiro atoms. The molecule has 0 aromatic carbocycles. The fraction of sp³-hybridized carbons (Fsp3) is 0.231. The molecule has 2 aromatic rings. The van der Waals surface area contributed by atoms with Crippen LogP contribution in [0, 0.1) is 5.92 Å². The Morgan fingerprint density at radius 1 is 1.40 bits per heavy atom. The van der Waals surface area contributed by atoms with Gasteiger partial charge in [0.1, 0.15) is 0 Å². The number of rotatable bonds is 3. The Morgan fingerprint density at radius 2 is 2.15 bits per heavy atom. The number of carbonyl (C=O) groups is 2. The van der Waals surface area contributed by atoms with E-state index in [0.717, 1.165) is 11.3 Å². The molecule has 7 heteroatoms. The van der Waals surface area contributed by atoms with Crippen LogP contribution in [-0.2, 0) is 9.59 Å². The maximum atomic E-state index is 11.9. The number of primary amides is 1. The van der Waals surface area contributed by atoms with Gasteiger partial charge in [-0.3, -0.25) is 19.5 Å². The van der Waals surface area contributed by atoms with E-state index >= 15 is 0 Å². The van der Waals surface area contributed by atoms with Crippen molar-refractivity contribution in [3.63, 3.8) is 0 Å². The molecular weight excluding hydrogens is 276 g/mol. The van der Waals surface area contributed by atoms with Gasteiger partial charge in [-0.05, 0) is 12.1 Å². The highest BCUT2D eigenvalue weighted by molar-refractivity contribution is 7.14. The topological polar surface area (TPSA) is 89.2 Å². The summed E-state index contributed by atoms with van der Waals surface area (Å²) in [5.74, 6) is -0.966. The molecule has 2 amide bonds. The van der Waals surface area contributed by atoms with Crippen molar-refractivity contribution in [2.24, 2.45) is 11.7 Å². The smallest absolute Gasteiger partial charge is 0.229 e. The molecule has 1 aliphatic rings. The normalized spacial score (nSPS) is 18.5. The number of hydrogen-bond donors (Lipinski definition) is 1. The number of nitrogens with zero attached hydrogens (tertiary/aromatic N) is 3. The lowest BCUT2D eigenvalue weighted by Crippen LogP contribution is -2.28. The molecule has 0 saturated carbocycles. The summed E-state index contributed by atoms with van der Waals surface area (Å²) in [7, 11) is 0. The summed E-state index contributed by atoms with van der Waals surface area (Å²) in [5.41, 5.74) is 6.99. The van der Waals surface area contributed by atoms with E-state index in [9.17, 15) is 9.59 Å². The van der Waals surface area contributed by atoms with Crippen LogP contribution in [0.5, 0.6) is 0 Å². The molecule has 2 aromatic heterocycles. The zero-order valence-corrected chi connectivity index (χ0v) is 11.3. The van der Waals surface area contributed by atoms with Crippen LogP contribution >= 0.6 is 11.3 Å². The van der Waals surface area contributed by atoms with Crippen molar-refractivity contribution in [1.29, 1.82) is 0 Å². The Hall–Kier alpha value is -2.28. The molecule has 0 aliphatic carbocycles. The van der Waals surface area contributed by atoms with Gasteiger partial charge in [-0.2, -0.15) is 0 Å². The first-order valence-electron chi connectivity index (χ1n) is 6.11. The highest BCUT2D eigenvalue weighted by Crippen LogP contribution is 2.31. The van der Waals surface area contributed by atoms with Crippen molar-refractivity contribution in [2.45, 2.75) is 6.42 Å². The number of thiazole rings is 1. The predicted octanol–water partition coefficient (Wildman–Crippen LogP) is 1.04. The van der Waals surface area contributed by atoms with Crippen LogP contribution in [0.3, 0.4) is 0 Å². The van der Waals surface area contributed by atoms with Gasteiger partial charge >= 0.3 is 0 Å². The average Bonchev–Trinajstić information content (AvgIpc) is 3.06. The van der Waals surface area contributed by atoms with E-state index in [2.05, 4.69) is 9.97 Å². The SMILES string of the molecule is NC(=O)C1CC(=O)N(c2nc(-c3ccncc3)cs2)C1. The van der Waals surface area contributed by atoms with Crippen molar-refractivity contribution in [1.82, 2.24) is 9.97 Å². The largest absolute Gasteiger partial charge is 0.369 e. The van der Waals surface area contributed by atoms with Gasteiger partial charge < -0.3 is 5.73 Å². The van der Waals surface area contributed by atoms with Gasteiger partial charge in [0.05, 0.1) is 11.6 Å². The molecule has 1 fully saturated rings. The molecular formula is C13H12N4O2S. The second-order valence-electron chi connectivity index (χ2n) is 4.56. The first-order chi connectivity index (χ1) is 9.65. The molecule has 1 saturated heterocycles. The van der Waals surface area contributed by atoms with Crippen molar-refractivity contribution in [3.8, 4) is 11.3 Å². The predicted molar refractivity (Wildman–Crippen MR) is 75.0 cm³/mol. The molecule has 1 atom stereocenters. The van der Waals surface area contributed by atoms with Crippen LogP contribution in [-0.4, -0.2) is 28.3 Å². The third-order valence-corrected chi connectivity index (χ3v) is 4.09. The first kappa shape index (κ1) is 12.7. The van der Waals surface area contributed by atoms with Gasteiger partial charge in [0.15, 0.2) is 5.13 Å². The van der Waals surface area contributed by atoms with E-state index in [1.807, 2.05) is 17.5 Å². The number of nitrogens with two attached hydrogens (primary N) is 1. The summed E-state index contributed by atoms with van der Waals surface area (Å²) < 4.78 is 0. The third-order valence-electron chi connectivity index (χ3n) is 3.23. The Bertz CT molecular complexity index is 655. The first-order valence-corrected chi connectivity index (χ1v) is 6.98. The highest BCUT2D eigenvalue weighted by atomic mass is 32.1. The van der Waals surface area contributed by atoms with Gasteiger partial charge in [-0.15, -0.1) is 11.3 Å². The van der Waals surface area contributed by atoms with Crippen molar-refractivity contribution in [2.75, 3.05) is 11.4 Å². The van der Waals surface area contributed by atoms with E-state index in [1.54, 1.807) is 12.4 Å². The van der Waals surface area contributed by atoms with E-state index < -0.39 is 11.8 Å². The molecule has 3 rings (SSSR count). The Morgan fingerprint density at radius 3 is 2.80 bits per heavy atom. The summed E-state index contributed by atoms with van der Waals surface area (Å²) >= 11 is 1.38. The van der Waals surface area contributed by atoms with E-state index in [4.69, 9.17) is 5.73 Å². The second kappa shape index (κ2) is 5.01. The van der Waals surface area contributed by atoms with Gasteiger partial charge in [0.2, 0.25) is 11.8 Å². The molecule has 1 unspecified atom stereocenters. The lowest BCUT2D eigenvalue weighted by molar-refractivity contribution is -0.123. The standard InChI is InChI=1S/C13H12N4O2S/c14-12(19)9-5-11(18)17(6-9)13-16-10(7-20-13)8-1-3-15-4-2-8/h1-4,7,9H,5-6H2,(H2,14,19). The summed E-state index contributed by atoms with van der Waals surface area (Å²) in [4.78, 5) is 33.0. The fourth-order valence-electron chi connectivity index (χ4n) is 2.13. The summed E-state index contributed by atoms with van der Waals surface area (Å²) in [5, 5.41) is 2.49. The van der Waals surface area contributed by atoms with E-state index in [1.165, 1.54) is 16.2 Å². The summed E-state index contributed by atoms with van der Waals surface area (Å²) in [6.07, 6.45) is 3.55. The number of aromatic nitrogens is 2. The number of amides is 2. The zero-order chi connectivity index (χ0) is 14.1. The number of carbonyl (C=O) groups excluding carboxylic acids is 2. The van der Waals surface area contributed by atoms with Gasteiger partial charge in [-0.25, -0.2) is 4.98 Å². The van der Waals surface area contributed by atoms with Gasteiger partial charge in [0, 0.05) is 36.3 Å². The highest BCUT2D eigenvalue weighted by Gasteiger charge is 2.35. The summed E-state index contributed by atoms with van der Waals surface area (Å²) in [6, 6.07) is 3.72.